The third kappa shape index (κ3) is 2.27. The molecule has 0 amide bonds. The number of fused-ring (bicyclic) bond motifs is 1. The Balaban J connectivity index is 2.16. The number of H-pyrrole nitrogens is 1. The van der Waals surface area contributed by atoms with E-state index in [-0.39, 0.29) is 6.54 Å². The fourth-order valence-electron chi connectivity index (χ4n) is 2.45. The maximum absolute atomic E-state index is 13.8. The fourth-order valence-corrected chi connectivity index (χ4v) is 2.70. The molecule has 2 heterocycles. The molecule has 0 spiro atoms. The van der Waals surface area contributed by atoms with Crippen LogP contribution in [0, 0.1) is 23.3 Å². The summed E-state index contributed by atoms with van der Waals surface area (Å²) in [4.78, 5) is 3.10. The van der Waals surface area contributed by atoms with Crippen LogP contribution >= 0.6 is 12.2 Å². The van der Waals surface area contributed by atoms with Crippen LogP contribution in [0.4, 0.5) is 8.78 Å². The molecule has 0 radical (unpaired) electrons. The first-order valence-electron chi connectivity index (χ1n) is 6.61. The van der Waals surface area contributed by atoms with Gasteiger partial charge in [0, 0.05) is 18.2 Å². The number of aromatic nitrogens is 4. The zero-order chi connectivity index (χ0) is 15.1. The Labute approximate surface area is 125 Å². The number of imidazole rings is 1. The van der Waals surface area contributed by atoms with Crippen molar-refractivity contribution in [1.29, 1.82) is 0 Å². The number of rotatable bonds is 3. The highest BCUT2D eigenvalue weighted by Gasteiger charge is 2.15. The van der Waals surface area contributed by atoms with Crippen molar-refractivity contribution in [2.24, 2.45) is 0 Å². The standard InChI is InChI=1S/C14H14F2N4S/c1-3-20-13-12(8(2)18-20)17-14(21)19(13)7-9-4-5-10(15)6-11(9)16/h4-6H,3,7H2,1-2H3,(H,17,21). The number of benzene rings is 1. The lowest BCUT2D eigenvalue weighted by atomic mass is 10.2. The van der Waals surface area contributed by atoms with Crippen molar-refractivity contribution in [3.63, 3.8) is 0 Å². The maximum atomic E-state index is 13.8. The Bertz CT molecular complexity index is 875. The first kappa shape index (κ1) is 13.9. The number of hydrogen-bond acceptors (Lipinski definition) is 2. The molecule has 0 atom stereocenters. The topological polar surface area (TPSA) is 38.5 Å². The van der Waals surface area contributed by atoms with E-state index >= 15 is 0 Å². The molecule has 1 aromatic carbocycles. The molecular weight excluding hydrogens is 294 g/mol. The zero-order valence-electron chi connectivity index (χ0n) is 11.7. The summed E-state index contributed by atoms with van der Waals surface area (Å²) in [7, 11) is 0. The first-order valence-corrected chi connectivity index (χ1v) is 7.02. The van der Waals surface area contributed by atoms with Crippen LogP contribution in [0.5, 0.6) is 0 Å². The van der Waals surface area contributed by atoms with Gasteiger partial charge in [-0.3, -0.25) is 4.57 Å². The fraction of sp³-hybridized carbons (Fsp3) is 0.286. The number of aromatic amines is 1. The predicted molar refractivity (Wildman–Crippen MR) is 78.8 cm³/mol. The number of hydrogen-bond donors (Lipinski definition) is 1. The van der Waals surface area contributed by atoms with Crippen LogP contribution in [0.15, 0.2) is 18.2 Å². The van der Waals surface area contributed by atoms with E-state index in [2.05, 4.69) is 10.1 Å². The van der Waals surface area contributed by atoms with Gasteiger partial charge in [0.1, 0.15) is 17.2 Å². The normalized spacial score (nSPS) is 11.4. The van der Waals surface area contributed by atoms with E-state index in [1.54, 1.807) is 4.57 Å². The largest absolute Gasteiger partial charge is 0.328 e. The molecule has 0 aliphatic heterocycles. The third-order valence-corrected chi connectivity index (χ3v) is 3.80. The second kappa shape index (κ2) is 5.07. The molecule has 3 aromatic rings. The molecule has 21 heavy (non-hydrogen) atoms. The van der Waals surface area contributed by atoms with Gasteiger partial charge in [-0.15, -0.1) is 0 Å². The Hall–Kier alpha value is -2.02. The van der Waals surface area contributed by atoms with Gasteiger partial charge in [0.05, 0.1) is 12.2 Å². The van der Waals surface area contributed by atoms with Gasteiger partial charge in [0.25, 0.3) is 0 Å². The molecule has 2 aromatic heterocycles. The summed E-state index contributed by atoms with van der Waals surface area (Å²) >= 11 is 5.31. The van der Waals surface area contributed by atoms with Gasteiger partial charge >= 0.3 is 0 Å². The molecule has 0 bridgehead atoms. The summed E-state index contributed by atoms with van der Waals surface area (Å²) in [5.74, 6) is -1.17. The zero-order valence-corrected chi connectivity index (χ0v) is 12.5. The van der Waals surface area contributed by atoms with Crippen molar-refractivity contribution in [1.82, 2.24) is 19.3 Å². The van der Waals surface area contributed by atoms with Crippen molar-refractivity contribution < 1.29 is 8.78 Å². The Morgan fingerprint density at radius 1 is 1.33 bits per heavy atom. The molecule has 1 N–H and O–H groups in total. The van der Waals surface area contributed by atoms with E-state index in [1.807, 2.05) is 18.5 Å². The molecule has 0 saturated carbocycles. The first-order chi connectivity index (χ1) is 10.0. The number of nitrogens with zero attached hydrogens (tertiary/aromatic N) is 3. The van der Waals surface area contributed by atoms with Crippen molar-refractivity contribution >= 4 is 23.4 Å². The summed E-state index contributed by atoms with van der Waals surface area (Å²) in [5.41, 5.74) is 2.90. The lowest BCUT2D eigenvalue weighted by molar-refractivity contribution is 0.564. The highest BCUT2D eigenvalue weighted by Crippen LogP contribution is 2.20. The van der Waals surface area contributed by atoms with Crippen LogP contribution in [0.25, 0.3) is 11.2 Å². The average Bonchev–Trinajstić information content (AvgIpc) is 2.91. The quantitative estimate of drug-likeness (QED) is 0.752. The smallest absolute Gasteiger partial charge is 0.179 e. The highest BCUT2D eigenvalue weighted by molar-refractivity contribution is 7.71. The second-order valence-electron chi connectivity index (χ2n) is 4.85. The van der Waals surface area contributed by atoms with Gasteiger partial charge in [-0.2, -0.15) is 5.10 Å². The molecule has 110 valence electrons. The minimum absolute atomic E-state index is 0.232. The van der Waals surface area contributed by atoms with E-state index in [0.717, 1.165) is 22.9 Å². The second-order valence-corrected chi connectivity index (χ2v) is 5.24. The summed E-state index contributed by atoms with van der Waals surface area (Å²) in [6.07, 6.45) is 0. The average molecular weight is 308 g/mol. The predicted octanol–water partition coefficient (Wildman–Crippen LogP) is 3.55. The molecule has 0 aliphatic carbocycles. The molecule has 0 fully saturated rings. The van der Waals surface area contributed by atoms with E-state index in [4.69, 9.17) is 12.2 Å². The number of nitrogens with one attached hydrogen (secondary N) is 1. The summed E-state index contributed by atoms with van der Waals surface area (Å²) < 4.78 is 30.9. The SMILES string of the molecule is CCn1nc(C)c2[nH]c(=S)n(Cc3ccc(F)cc3F)c21. The van der Waals surface area contributed by atoms with Crippen LogP contribution in [-0.2, 0) is 13.1 Å². The molecular formula is C14H14F2N4S. The van der Waals surface area contributed by atoms with E-state index < -0.39 is 11.6 Å². The Morgan fingerprint density at radius 3 is 2.76 bits per heavy atom. The molecule has 4 nitrogen and oxygen atoms in total. The lowest BCUT2D eigenvalue weighted by Gasteiger charge is -2.07. The van der Waals surface area contributed by atoms with E-state index in [9.17, 15) is 8.78 Å². The van der Waals surface area contributed by atoms with Crippen LogP contribution < -0.4 is 0 Å². The summed E-state index contributed by atoms with van der Waals surface area (Å²) in [6, 6.07) is 3.56. The van der Waals surface area contributed by atoms with E-state index in [0.29, 0.717) is 16.9 Å². The summed E-state index contributed by atoms with van der Waals surface area (Å²) in [5, 5.41) is 4.41. The molecule has 0 unspecified atom stereocenters. The van der Waals surface area contributed by atoms with Crippen LogP contribution in [-0.4, -0.2) is 19.3 Å². The third-order valence-electron chi connectivity index (χ3n) is 3.48. The summed E-state index contributed by atoms with van der Waals surface area (Å²) in [6.45, 7) is 4.78. The van der Waals surface area contributed by atoms with Crippen LogP contribution in [0.1, 0.15) is 18.2 Å². The van der Waals surface area contributed by atoms with Gasteiger partial charge in [-0.05, 0) is 32.1 Å². The van der Waals surface area contributed by atoms with Gasteiger partial charge in [0.15, 0.2) is 10.4 Å². The van der Waals surface area contributed by atoms with Crippen molar-refractivity contribution in [2.75, 3.05) is 0 Å². The van der Waals surface area contributed by atoms with Gasteiger partial charge in [-0.25, -0.2) is 13.5 Å². The van der Waals surface area contributed by atoms with Crippen molar-refractivity contribution in [2.45, 2.75) is 26.9 Å². The molecule has 3 rings (SSSR count). The molecule has 7 heteroatoms. The molecule has 0 saturated heterocycles. The van der Waals surface area contributed by atoms with Crippen molar-refractivity contribution in [3.05, 3.63) is 45.9 Å². The highest BCUT2D eigenvalue weighted by atomic mass is 32.1. The molecule has 0 aliphatic rings. The number of halogens is 2. The van der Waals surface area contributed by atoms with Gasteiger partial charge < -0.3 is 4.98 Å². The lowest BCUT2D eigenvalue weighted by Crippen LogP contribution is -2.07. The minimum atomic E-state index is -0.589. The maximum Gasteiger partial charge on any atom is 0.179 e. The van der Waals surface area contributed by atoms with Crippen LogP contribution in [0.2, 0.25) is 0 Å². The van der Waals surface area contributed by atoms with E-state index in [1.165, 1.54) is 12.1 Å². The Morgan fingerprint density at radius 2 is 2.10 bits per heavy atom. The Kier molecular flexibility index (Phi) is 3.36. The van der Waals surface area contributed by atoms with Crippen LogP contribution in [0.3, 0.4) is 0 Å². The van der Waals surface area contributed by atoms with Gasteiger partial charge in [-0.1, -0.05) is 6.07 Å². The minimum Gasteiger partial charge on any atom is -0.328 e. The monoisotopic (exact) mass is 308 g/mol. The van der Waals surface area contributed by atoms with Gasteiger partial charge in [0.2, 0.25) is 0 Å². The van der Waals surface area contributed by atoms with Crippen molar-refractivity contribution in [3.8, 4) is 0 Å². The number of aryl methyl sites for hydroxylation is 2.